The van der Waals surface area contributed by atoms with E-state index in [4.69, 9.17) is 87.1 Å². The zero-order chi connectivity index (χ0) is 75.0. The number of H-pyrrole nitrogens is 5. The number of anilines is 5. The molecule has 0 saturated carbocycles. The molecule has 30 nitrogen and oxygen atoms in total. The van der Waals surface area contributed by atoms with Crippen molar-refractivity contribution in [3.05, 3.63) is 198 Å². The number of likely N-dealkylation sites (N-methyl/N-ethyl adjacent to an activating group) is 3. The molecule has 0 aliphatic carbocycles. The van der Waals surface area contributed by atoms with Gasteiger partial charge >= 0.3 is 0 Å². The minimum absolute atomic E-state index is 0.0427. The largest absolute Gasteiger partial charge is 0.467 e. The van der Waals surface area contributed by atoms with E-state index in [-0.39, 0.29) is 32.2 Å². The number of nitrogens with two attached hydrogens (primary N) is 2. The lowest BCUT2D eigenvalue weighted by Gasteiger charge is -2.07. The number of aryl methyl sites for hydroxylation is 2. The number of hydrogen-bond donors (Lipinski definition) is 15. The van der Waals surface area contributed by atoms with Crippen LogP contribution >= 0.6 is 69.3 Å². The highest BCUT2D eigenvalue weighted by Crippen LogP contribution is 2.31. The smallest absolute Gasteiger partial charge is 0.226 e. The number of halogens is 6. The lowest BCUT2D eigenvalue weighted by molar-refractivity contribution is 0.517. The van der Waals surface area contributed by atoms with Crippen molar-refractivity contribution < 1.29 is 22.1 Å². The van der Waals surface area contributed by atoms with Crippen molar-refractivity contribution in [2.45, 2.75) is 90.6 Å². The van der Waals surface area contributed by atoms with Gasteiger partial charge in [-0.3, -0.25) is 0 Å². The molecule has 0 bridgehead atoms. The van der Waals surface area contributed by atoms with Crippen LogP contribution in [0.3, 0.4) is 0 Å². The standard InChI is InChI=1S/C15H18ClN5O.C14H15ClFN5O.2C14H16ClN5O.C13H15ClN6S/c1-9(17-2)6-10-7-12-13(18-8-11-4-3-5-22-11)20-15(16)21-14(12)19-10;15-14-20-12(18-7-8-3-2-6-22-8)10-11(16)9(4-1-5-17)19-13(10)21-14;1-16-5-4-9-7-11-12(17-8-10-3-2-6-21-10)19-14(15)20-13(11)18-9;15-14-19-12(17-8-10-4-2-6-21-10)11-7-9(3-1-5-16)18-13(11)20-14;1-15-3-2-8-6-9-11(17-7-10-16-4-5-21-10)19-13(14)20-12(9)18-8/h3-5,7,9,17H,6,8H2,1-2H3,(H2,18,19,20,21);2-3,6H,1,4-5,7,17H2,(H2,18,19,20,21);2-3,6-7,16H,4-5,8H2,1H3,(H2,17,18,19,20);2,4,6-7H,1,3,5,8,16H2,(H2,17,18,19,20);4-6,15H,2-3,7H2,1H3,(H2,17,18,19,20). The Morgan fingerprint density at radius 2 is 0.822 bits per heavy atom. The van der Waals surface area contributed by atoms with Crippen LogP contribution < -0.4 is 54.0 Å². The number of rotatable bonds is 30. The summed E-state index contributed by atoms with van der Waals surface area (Å²) in [5, 5.41) is 33.3. The Hall–Kier alpha value is -9.97. The third-order valence-electron chi connectivity index (χ3n) is 16.2. The van der Waals surface area contributed by atoms with Crippen LogP contribution in [-0.4, -0.2) is 133 Å². The Balaban J connectivity index is 0.000000133. The van der Waals surface area contributed by atoms with Crippen LogP contribution in [0.5, 0.6) is 0 Å². The second-order valence-corrected chi connectivity index (χ2v) is 26.6. The van der Waals surface area contributed by atoms with Gasteiger partial charge in [-0.1, -0.05) is 0 Å². The van der Waals surface area contributed by atoms with E-state index in [1.807, 2.05) is 81.1 Å². The third-order valence-corrected chi connectivity index (χ3v) is 17.8. The normalized spacial score (nSPS) is 11.5. The molecule has 17 N–H and O–H groups in total. The van der Waals surface area contributed by atoms with Gasteiger partial charge in [-0.2, -0.15) is 29.9 Å². The molecule has 1 unspecified atom stereocenters. The zero-order valence-corrected chi connectivity index (χ0v) is 63.3. The lowest BCUT2D eigenvalue weighted by Crippen LogP contribution is -2.23. The highest BCUT2D eigenvalue weighted by atomic mass is 35.5. The first-order chi connectivity index (χ1) is 52.1. The number of nitrogens with zero attached hydrogens (tertiary/aromatic N) is 11. The van der Waals surface area contributed by atoms with Gasteiger partial charge in [0.2, 0.25) is 26.4 Å². The minimum atomic E-state index is -0.373. The third kappa shape index (κ3) is 22.1. The van der Waals surface area contributed by atoms with Crippen LogP contribution in [0.1, 0.15) is 76.3 Å². The molecular formula is C70H80Cl5FN26O4S. The van der Waals surface area contributed by atoms with Crippen molar-refractivity contribution in [2.75, 3.05) is 73.9 Å². The van der Waals surface area contributed by atoms with Gasteiger partial charge in [-0.15, -0.1) is 11.3 Å². The van der Waals surface area contributed by atoms with E-state index in [9.17, 15) is 4.39 Å². The summed E-state index contributed by atoms with van der Waals surface area (Å²) in [6.45, 7) is 7.69. The summed E-state index contributed by atoms with van der Waals surface area (Å²) >= 11 is 31.5. The quantitative estimate of drug-likeness (QED) is 0.0186. The Labute approximate surface area is 641 Å². The van der Waals surface area contributed by atoms with Crippen molar-refractivity contribution in [2.24, 2.45) is 11.5 Å². The Kier molecular flexibility index (Phi) is 28.5. The van der Waals surface area contributed by atoms with Gasteiger partial charge in [0.1, 0.15) is 85.4 Å². The zero-order valence-electron chi connectivity index (χ0n) is 58.7. The first-order valence-electron chi connectivity index (χ1n) is 34.1. The monoisotopic (exact) mass is 1570 g/mol. The Morgan fingerprint density at radius 1 is 0.458 bits per heavy atom. The summed E-state index contributed by atoms with van der Waals surface area (Å²) in [4.78, 5) is 62.4. The molecule has 562 valence electrons. The van der Waals surface area contributed by atoms with Crippen molar-refractivity contribution >= 4 is 154 Å². The molecule has 0 amide bonds. The number of hydrogen-bond acceptors (Lipinski definition) is 26. The number of nitrogens with one attached hydrogen (secondary N) is 13. The number of aromatic nitrogens is 16. The van der Waals surface area contributed by atoms with Crippen LogP contribution in [0, 0.1) is 5.82 Å². The van der Waals surface area contributed by atoms with E-state index in [0.717, 1.165) is 140 Å². The number of aromatic amines is 5. The van der Waals surface area contributed by atoms with E-state index in [0.29, 0.717) is 110 Å². The highest BCUT2D eigenvalue weighted by molar-refractivity contribution is 7.09. The fourth-order valence-corrected chi connectivity index (χ4v) is 12.3. The van der Waals surface area contributed by atoms with Crippen molar-refractivity contribution in [3.63, 3.8) is 0 Å². The summed E-state index contributed by atoms with van der Waals surface area (Å²) in [6, 6.07) is 23.4. The summed E-state index contributed by atoms with van der Waals surface area (Å²) in [5.41, 5.74) is 19.2. The van der Waals surface area contributed by atoms with Gasteiger partial charge in [0.25, 0.3) is 0 Å². The van der Waals surface area contributed by atoms with Gasteiger partial charge in [0.05, 0.1) is 90.4 Å². The SMILES string of the molecule is CNC(C)Cc1cc2c(NCc3ccco3)nc(Cl)nc2[nH]1.CNCCc1cc2c(NCc3ccco3)nc(Cl)nc2[nH]1.CNCCc1cc2c(NCc3nccs3)nc(Cl)nc2[nH]1.NCCCc1[nH]c2nc(Cl)nc(NCc3ccco3)c2c1F.NCCCc1cc2c(NCc3ccco3)nc(Cl)nc2[nH]1. The Bertz CT molecular complexity index is 4890. The maximum atomic E-state index is 14.6. The van der Waals surface area contributed by atoms with Crippen molar-refractivity contribution in [1.29, 1.82) is 0 Å². The van der Waals surface area contributed by atoms with Crippen LogP contribution in [-0.2, 0) is 64.8 Å². The molecule has 37 heteroatoms. The second kappa shape index (κ2) is 39.0. The predicted molar refractivity (Wildman–Crippen MR) is 420 cm³/mol. The minimum Gasteiger partial charge on any atom is -0.467 e. The van der Waals surface area contributed by atoms with Crippen LogP contribution in [0.15, 0.2) is 127 Å². The summed E-state index contributed by atoms with van der Waals surface area (Å²) in [6.07, 6.45) is 13.9. The molecule has 0 aliphatic rings. The summed E-state index contributed by atoms with van der Waals surface area (Å²) in [5.74, 6) is 6.00. The molecule has 15 aromatic heterocycles. The highest BCUT2D eigenvalue weighted by Gasteiger charge is 2.20. The fourth-order valence-electron chi connectivity index (χ4n) is 10.9. The molecule has 107 heavy (non-hydrogen) atoms. The predicted octanol–water partition coefficient (Wildman–Crippen LogP) is 13.5. The first-order valence-corrected chi connectivity index (χ1v) is 36.9. The maximum absolute atomic E-state index is 14.6. The molecule has 15 rings (SSSR count). The van der Waals surface area contributed by atoms with Gasteiger partial charge < -0.3 is 96.6 Å². The summed E-state index contributed by atoms with van der Waals surface area (Å²) in [7, 11) is 5.80. The van der Waals surface area contributed by atoms with E-state index < -0.39 is 0 Å². The Morgan fingerprint density at radius 3 is 1.20 bits per heavy atom. The van der Waals surface area contributed by atoms with E-state index in [2.05, 4.69) is 141 Å². The van der Waals surface area contributed by atoms with Crippen LogP contribution in [0.4, 0.5) is 33.5 Å². The van der Waals surface area contributed by atoms with Gasteiger partial charge in [0, 0.05) is 59.9 Å². The number of thiazole rings is 1. The van der Waals surface area contributed by atoms with Crippen LogP contribution in [0.2, 0.25) is 26.4 Å². The maximum Gasteiger partial charge on any atom is 0.226 e. The molecule has 0 aromatic carbocycles. The molecule has 0 spiro atoms. The molecule has 0 saturated heterocycles. The van der Waals surface area contributed by atoms with E-state index in [1.54, 1.807) is 48.7 Å². The van der Waals surface area contributed by atoms with Crippen molar-refractivity contribution in [3.8, 4) is 0 Å². The molecule has 0 aliphatic heterocycles. The van der Waals surface area contributed by atoms with E-state index >= 15 is 0 Å². The first kappa shape index (κ1) is 78.1. The van der Waals surface area contributed by atoms with Gasteiger partial charge in [0.15, 0.2) is 5.82 Å². The molecule has 15 heterocycles. The average molecular weight is 1580 g/mol. The number of fused-ring (bicyclic) bond motifs is 5. The molecule has 15 aromatic rings. The topological polar surface area (TPSA) is 422 Å². The molecule has 0 radical (unpaired) electrons. The number of furan rings is 4. The average Bonchev–Trinajstić information content (AvgIpc) is 1.66. The lowest BCUT2D eigenvalue weighted by atomic mass is 10.2. The van der Waals surface area contributed by atoms with Crippen molar-refractivity contribution in [1.82, 2.24) is 95.7 Å². The van der Waals surface area contributed by atoms with Gasteiger partial charge in [-0.05, 0) is 210 Å². The molecule has 1 atom stereocenters. The molecule has 0 fully saturated rings. The van der Waals surface area contributed by atoms with E-state index in [1.165, 1.54) is 0 Å². The van der Waals surface area contributed by atoms with Crippen LogP contribution in [0.25, 0.3) is 55.2 Å². The summed E-state index contributed by atoms with van der Waals surface area (Å²) < 4.78 is 35.7. The fraction of sp³-hybridized carbons (Fsp3) is 0.300. The van der Waals surface area contributed by atoms with Gasteiger partial charge in [-0.25, -0.2) is 29.3 Å². The second-order valence-electron chi connectivity index (χ2n) is 24.0. The molecular weight excluding hydrogens is 1500 g/mol.